The molecule has 21 heavy (non-hydrogen) atoms. The van der Waals surface area contributed by atoms with Crippen molar-refractivity contribution in [1.29, 1.82) is 0 Å². The van der Waals surface area contributed by atoms with Crippen molar-refractivity contribution in [3.63, 3.8) is 0 Å². The van der Waals surface area contributed by atoms with E-state index >= 15 is 0 Å². The molecule has 2 aromatic rings. The molecule has 0 atom stereocenters. The van der Waals surface area contributed by atoms with Crippen LogP contribution in [0.2, 0.25) is 0 Å². The first-order valence-electron chi connectivity index (χ1n) is 6.71. The minimum absolute atomic E-state index is 0.225. The van der Waals surface area contributed by atoms with Gasteiger partial charge in [-0.1, -0.05) is 51.1 Å². The number of hydrogen-bond donors (Lipinski definition) is 2. The van der Waals surface area contributed by atoms with Gasteiger partial charge in [0.15, 0.2) is 0 Å². The van der Waals surface area contributed by atoms with Crippen LogP contribution >= 0.6 is 0 Å². The summed E-state index contributed by atoms with van der Waals surface area (Å²) >= 11 is 0. The number of benzene rings is 1. The summed E-state index contributed by atoms with van der Waals surface area (Å²) in [4.78, 5) is 14.6. The highest BCUT2D eigenvalue weighted by Gasteiger charge is 2.20. The van der Waals surface area contributed by atoms with Crippen LogP contribution in [0.1, 0.15) is 39.0 Å². The largest absolute Gasteiger partial charge is 0.288 e. The smallest absolute Gasteiger partial charge is 0.274 e. The summed E-state index contributed by atoms with van der Waals surface area (Å²) < 4.78 is 0. The number of anilines is 1. The molecule has 1 aromatic heterocycles. The van der Waals surface area contributed by atoms with Crippen molar-refractivity contribution >= 4 is 11.7 Å². The Bertz CT molecular complexity index is 698. The van der Waals surface area contributed by atoms with E-state index in [1.54, 1.807) is 0 Å². The minimum atomic E-state index is -0.345. The van der Waals surface area contributed by atoms with Crippen LogP contribution in [0.15, 0.2) is 40.2 Å². The first-order valence-corrected chi connectivity index (χ1v) is 6.71. The summed E-state index contributed by atoms with van der Waals surface area (Å²) in [5.41, 5.74) is 4.30. The summed E-state index contributed by atoms with van der Waals surface area (Å²) in [6, 6.07) is 9.73. The molecule has 1 heterocycles. The number of rotatable bonds is 3. The zero-order chi connectivity index (χ0) is 15.5. The third kappa shape index (κ3) is 3.75. The summed E-state index contributed by atoms with van der Waals surface area (Å²) in [5, 5.41) is 12.1. The van der Waals surface area contributed by atoms with Crippen molar-refractivity contribution in [3.8, 4) is 0 Å². The highest BCUT2D eigenvalue weighted by Crippen LogP contribution is 2.15. The molecule has 0 aliphatic heterocycles. The molecule has 110 valence electrons. The first kappa shape index (κ1) is 14.9. The van der Waals surface area contributed by atoms with E-state index in [9.17, 15) is 4.79 Å². The molecule has 2 rings (SSSR count). The molecule has 0 unspecified atom stereocenters. The van der Waals surface area contributed by atoms with Crippen molar-refractivity contribution in [2.24, 2.45) is 5.10 Å². The lowest BCUT2D eigenvalue weighted by atomic mass is 9.93. The summed E-state index contributed by atoms with van der Waals surface area (Å²) in [6.07, 6.45) is 0. The van der Waals surface area contributed by atoms with Crippen molar-refractivity contribution in [1.82, 2.24) is 15.2 Å². The lowest BCUT2D eigenvalue weighted by Crippen LogP contribution is -2.28. The second-order valence-corrected chi connectivity index (χ2v) is 5.78. The van der Waals surface area contributed by atoms with E-state index in [2.05, 4.69) is 25.7 Å². The third-order valence-corrected chi connectivity index (χ3v) is 2.93. The average molecular weight is 285 g/mol. The summed E-state index contributed by atoms with van der Waals surface area (Å²) in [5.74, 6) is 0.225. The van der Waals surface area contributed by atoms with E-state index in [-0.39, 0.29) is 16.9 Å². The molecular weight excluding hydrogens is 266 g/mol. The second kappa shape index (κ2) is 5.87. The molecule has 2 N–H and O–H groups in total. The van der Waals surface area contributed by atoms with Crippen molar-refractivity contribution in [2.75, 3.05) is 5.43 Å². The molecule has 0 aliphatic carbocycles. The van der Waals surface area contributed by atoms with Crippen LogP contribution in [0.25, 0.3) is 0 Å². The number of hydrogen-bond acceptors (Lipinski definition) is 5. The Hall–Kier alpha value is -2.50. The van der Waals surface area contributed by atoms with E-state index in [0.29, 0.717) is 5.69 Å². The Morgan fingerprint density at radius 3 is 2.43 bits per heavy atom. The Morgan fingerprint density at radius 1 is 1.19 bits per heavy atom. The lowest BCUT2D eigenvalue weighted by molar-refractivity contribution is 0.547. The number of nitrogens with zero attached hydrogens (tertiary/aromatic N) is 3. The van der Waals surface area contributed by atoms with Crippen LogP contribution in [-0.2, 0) is 5.41 Å². The molecule has 0 saturated carbocycles. The quantitative estimate of drug-likeness (QED) is 0.669. The molecule has 0 saturated heterocycles. The van der Waals surface area contributed by atoms with Gasteiger partial charge in [-0.2, -0.15) is 5.10 Å². The third-order valence-electron chi connectivity index (χ3n) is 2.93. The Kier molecular flexibility index (Phi) is 4.16. The van der Waals surface area contributed by atoms with Crippen LogP contribution < -0.4 is 11.0 Å². The normalized spacial score (nSPS) is 12.3. The Labute approximate surface area is 123 Å². The zero-order valence-corrected chi connectivity index (χ0v) is 12.6. The molecule has 0 bridgehead atoms. The fraction of sp³-hybridized carbons (Fsp3) is 0.333. The maximum atomic E-state index is 12.0. The van der Waals surface area contributed by atoms with Crippen LogP contribution in [0.4, 0.5) is 5.95 Å². The maximum absolute atomic E-state index is 12.0. The number of hydrazone groups is 1. The number of nitrogens with one attached hydrogen (secondary N) is 2. The SMILES string of the molecule is C/C(=N\Nc1nnc(C(C)(C)C)c(=O)[nH]1)c1ccccc1. The Balaban J connectivity index is 2.18. The van der Waals surface area contributed by atoms with Crippen LogP contribution in [-0.4, -0.2) is 20.9 Å². The molecular formula is C15H19N5O. The van der Waals surface area contributed by atoms with Gasteiger partial charge in [0, 0.05) is 5.41 Å². The molecule has 0 fully saturated rings. The maximum Gasteiger partial charge on any atom is 0.274 e. The van der Waals surface area contributed by atoms with Crippen molar-refractivity contribution < 1.29 is 0 Å². The van der Waals surface area contributed by atoms with Crippen LogP contribution in [0.5, 0.6) is 0 Å². The van der Waals surface area contributed by atoms with Gasteiger partial charge in [0.25, 0.3) is 5.56 Å². The minimum Gasteiger partial charge on any atom is -0.288 e. The van der Waals surface area contributed by atoms with Gasteiger partial charge in [-0.15, -0.1) is 10.2 Å². The second-order valence-electron chi connectivity index (χ2n) is 5.78. The van der Waals surface area contributed by atoms with Gasteiger partial charge in [0.2, 0.25) is 5.95 Å². The molecule has 6 nitrogen and oxygen atoms in total. The monoisotopic (exact) mass is 285 g/mol. The van der Waals surface area contributed by atoms with Crippen LogP contribution in [0, 0.1) is 0 Å². The first-order chi connectivity index (χ1) is 9.88. The topological polar surface area (TPSA) is 83.0 Å². The van der Waals surface area contributed by atoms with E-state index in [1.807, 2.05) is 58.0 Å². The van der Waals surface area contributed by atoms with Gasteiger partial charge in [0.05, 0.1) is 5.71 Å². The van der Waals surface area contributed by atoms with Crippen molar-refractivity contribution in [2.45, 2.75) is 33.1 Å². The van der Waals surface area contributed by atoms with E-state index in [0.717, 1.165) is 11.3 Å². The highest BCUT2D eigenvalue weighted by molar-refractivity contribution is 5.98. The lowest BCUT2D eigenvalue weighted by Gasteiger charge is -2.15. The van der Waals surface area contributed by atoms with Gasteiger partial charge in [0.1, 0.15) is 5.69 Å². The van der Waals surface area contributed by atoms with Crippen LogP contribution in [0.3, 0.4) is 0 Å². The number of H-pyrrole nitrogens is 1. The predicted molar refractivity (Wildman–Crippen MR) is 83.6 cm³/mol. The Morgan fingerprint density at radius 2 is 1.86 bits per heavy atom. The highest BCUT2D eigenvalue weighted by atomic mass is 16.1. The molecule has 1 aromatic carbocycles. The molecule has 0 spiro atoms. The fourth-order valence-electron chi connectivity index (χ4n) is 1.76. The average Bonchev–Trinajstić information content (AvgIpc) is 2.44. The molecule has 0 aliphatic rings. The summed E-state index contributed by atoms with van der Waals surface area (Å²) in [7, 11) is 0. The van der Waals surface area contributed by atoms with Gasteiger partial charge in [-0.05, 0) is 12.5 Å². The number of aromatic nitrogens is 3. The van der Waals surface area contributed by atoms with Gasteiger partial charge >= 0.3 is 0 Å². The molecule has 0 amide bonds. The predicted octanol–water partition coefficient (Wildman–Crippen LogP) is 2.30. The van der Waals surface area contributed by atoms with E-state index < -0.39 is 0 Å². The number of aromatic amines is 1. The van der Waals surface area contributed by atoms with Crippen molar-refractivity contribution in [3.05, 3.63) is 51.9 Å². The van der Waals surface area contributed by atoms with Gasteiger partial charge in [-0.3, -0.25) is 9.78 Å². The van der Waals surface area contributed by atoms with Gasteiger partial charge in [-0.25, -0.2) is 5.43 Å². The summed E-state index contributed by atoms with van der Waals surface area (Å²) in [6.45, 7) is 7.61. The fourth-order valence-corrected chi connectivity index (χ4v) is 1.76. The molecule has 6 heteroatoms. The van der Waals surface area contributed by atoms with E-state index in [4.69, 9.17) is 0 Å². The zero-order valence-electron chi connectivity index (χ0n) is 12.6. The van der Waals surface area contributed by atoms with E-state index in [1.165, 1.54) is 0 Å². The molecule has 0 radical (unpaired) electrons. The van der Waals surface area contributed by atoms with Gasteiger partial charge < -0.3 is 0 Å². The standard InChI is InChI=1S/C15H19N5O/c1-10(11-8-6-5-7-9-11)17-19-14-16-13(21)12(18-20-14)15(2,3)4/h5-9H,1-4H3,(H2,16,19,20,21)/b17-10+.